The molecule has 31 heavy (non-hydrogen) atoms. The van der Waals surface area contributed by atoms with E-state index in [1.165, 1.54) is 13.2 Å². The van der Waals surface area contributed by atoms with Crippen LogP contribution in [-0.4, -0.2) is 23.0 Å². The lowest BCUT2D eigenvalue weighted by molar-refractivity contribution is -0.141. The second-order valence-corrected chi connectivity index (χ2v) is 9.17. The van der Waals surface area contributed by atoms with Gasteiger partial charge in [-0.05, 0) is 42.9 Å². The summed E-state index contributed by atoms with van der Waals surface area (Å²) < 4.78 is 45.0. The van der Waals surface area contributed by atoms with E-state index in [0.717, 1.165) is 46.1 Å². The quantitative estimate of drug-likeness (QED) is 0.510. The fourth-order valence-electron chi connectivity index (χ4n) is 3.73. The van der Waals surface area contributed by atoms with Gasteiger partial charge in [-0.3, -0.25) is 4.79 Å². The number of carbonyl (C=O) groups is 1. The van der Waals surface area contributed by atoms with Crippen LogP contribution in [0.15, 0.2) is 30.3 Å². The molecule has 0 bridgehead atoms. The van der Waals surface area contributed by atoms with Crippen LogP contribution in [0, 0.1) is 11.8 Å². The maximum absolute atomic E-state index is 12.9. The first-order valence-electron chi connectivity index (χ1n) is 9.99. The van der Waals surface area contributed by atoms with Gasteiger partial charge >= 0.3 is 6.18 Å². The van der Waals surface area contributed by atoms with Gasteiger partial charge in [0.1, 0.15) is 17.1 Å². The number of ether oxygens (including phenoxy) is 1. The summed E-state index contributed by atoms with van der Waals surface area (Å²) in [6.07, 6.45) is -2.37. The van der Waals surface area contributed by atoms with Crippen LogP contribution in [0.1, 0.15) is 53.8 Å². The number of hydrogen-bond acceptors (Lipinski definition) is 5. The molecule has 1 aliphatic rings. The zero-order valence-corrected chi connectivity index (χ0v) is 18.1. The molecule has 2 aromatic heterocycles. The molecule has 0 unspecified atom stereocenters. The molecule has 2 heterocycles. The van der Waals surface area contributed by atoms with Gasteiger partial charge in [0.25, 0.3) is 5.91 Å². The van der Waals surface area contributed by atoms with Gasteiger partial charge in [-0.25, -0.2) is 9.97 Å². The van der Waals surface area contributed by atoms with Crippen molar-refractivity contribution in [3.8, 4) is 5.75 Å². The number of fused-ring (bicyclic) bond motifs is 1. The highest BCUT2D eigenvalue weighted by atomic mass is 32.1. The molecular weight excluding hydrogens is 427 g/mol. The number of alkyl halides is 3. The Kier molecular flexibility index (Phi) is 5.63. The smallest absolute Gasteiger partial charge is 0.433 e. The van der Waals surface area contributed by atoms with Crippen molar-refractivity contribution in [2.75, 3.05) is 12.4 Å². The number of methoxy groups -OCH3 is 1. The maximum atomic E-state index is 12.9. The summed E-state index contributed by atoms with van der Waals surface area (Å²) in [4.78, 5) is 20.7. The van der Waals surface area contributed by atoms with Gasteiger partial charge in [0.2, 0.25) is 0 Å². The van der Waals surface area contributed by atoms with E-state index in [9.17, 15) is 18.0 Å². The van der Waals surface area contributed by atoms with E-state index >= 15 is 0 Å². The standard InChI is InChI=1S/C22H22F3N3O2S/c1-11(2)12-7-13(8-12)21-28-16-9-17(30-3)15(10-18(16)31-21)27-20(29)14-5-4-6-19(26-14)22(23,24)25/h4-6,9-13H,7-8H2,1-3H3,(H,27,29). The molecule has 1 saturated carbocycles. The van der Waals surface area contributed by atoms with E-state index in [1.54, 1.807) is 23.5 Å². The van der Waals surface area contributed by atoms with Crippen molar-refractivity contribution >= 4 is 33.1 Å². The van der Waals surface area contributed by atoms with Gasteiger partial charge in [-0.1, -0.05) is 19.9 Å². The predicted molar refractivity (Wildman–Crippen MR) is 114 cm³/mol. The molecule has 0 aliphatic heterocycles. The number of aromatic nitrogens is 2. The second kappa shape index (κ2) is 8.11. The average molecular weight is 449 g/mol. The van der Waals surface area contributed by atoms with E-state index in [1.807, 2.05) is 0 Å². The molecule has 0 saturated heterocycles. The van der Waals surface area contributed by atoms with Crippen molar-refractivity contribution in [2.45, 2.75) is 38.8 Å². The Bertz CT molecular complexity index is 1120. The van der Waals surface area contributed by atoms with Gasteiger partial charge in [0, 0.05) is 12.0 Å². The number of nitrogens with zero attached hydrogens (tertiary/aromatic N) is 2. The lowest BCUT2D eigenvalue weighted by Crippen LogP contribution is -2.25. The monoisotopic (exact) mass is 449 g/mol. The van der Waals surface area contributed by atoms with Crippen molar-refractivity contribution in [1.29, 1.82) is 0 Å². The highest BCUT2D eigenvalue weighted by molar-refractivity contribution is 7.18. The summed E-state index contributed by atoms with van der Waals surface area (Å²) in [7, 11) is 1.46. The van der Waals surface area contributed by atoms with Gasteiger partial charge in [0.05, 0.1) is 28.0 Å². The van der Waals surface area contributed by atoms with Crippen LogP contribution >= 0.6 is 11.3 Å². The topological polar surface area (TPSA) is 64.1 Å². The van der Waals surface area contributed by atoms with E-state index < -0.39 is 17.8 Å². The lowest BCUT2D eigenvalue weighted by atomic mass is 9.70. The first-order chi connectivity index (χ1) is 14.7. The van der Waals surface area contributed by atoms with Crippen molar-refractivity contribution in [3.63, 3.8) is 0 Å². The molecule has 1 aromatic carbocycles. The minimum atomic E-state index is -4.62. The van der Waals surface area contributed by atoms with Crippen LogP contribution in [-0.2, 0) is 6.18 Å². The lowest BCUT2D eigenvalue weighted by Gasteiger charge is -2.36. The van der Waals surface area contributed by atoms with Gasteiger partial charge in [-0.2, -0.15) is 13.2 Å². The molecule has 1 fully saturated rings. The van der Waals surface area contributed by atoms with Crippen LogP contribution in [0.4, 0.5) is 18.9 Å². The summed E-state index contributed by atoms with van der Waals surface area (Å²) in [5.74, 6) is 1.48. The number of hydrogen-bond donors (Lipinski definition) is 1. The average Bonchev–Trinajstić information content (AvgIpc) is 3.07. The summed E-state index contributed by atoms with van der Waals surface area (Å²) in [6.45, 7) is 4.47. The first-order valence-corrected chi connectivity index (χ1v) is 10.8. The minimum absolute atomic E-state index is 0.323. The highest BCUT2D eigenvalue weighted by Crippen LogP contribution is 2.47. The second-order valence-electron chi connectivity index (χ2n) is 8.10. The third-order valence-corrected chi connectivity index (χ3v) is 6.89. The summed E-state index contributed by atoms with van der Waals surface area (Å²) in [5.41, 5.74) is -0.297. The summed E-state index contributed by atoms with van der Waals surface area (Å²) in [6, 6.07) is 6.71. The SMILES string of the molecule is COc1cc2nc(C3CC(C(C)C)C3)sc2cc1NC(=O)c1cccc(C(F)(F)F)n1. The Morgan fingerprint density at radius 3 is 2.61 bits per heavy atom. The Hall–Kier alpha value is -2.68. The molecule has 5 nitrogen and oxygen atoms in total. The van der Waals surface area contributed by atoms with Crippen molar-refractivity contribution in [2.24, 2.45) is 11.8 Å². The van der Waals surface area contributed by atoms with Crippen LogP contribution in [0.2, 0.25) is 0 Å². The van der Waals surface area contributed by atoms with Crippen molar-refractivity contribution in [3.05, 3.63) is 46.7 Å². The Morgan fingerprint density at radius 1 is 1.23 bits per heavy atom. The van der Waals surface area contributed by atoms with E-state index in [0.29, 0.717) is 23.3 Å². The van der Waals surface area contributed by atoms with Crippen LogP contribution in [0.5, 0.6) is 5.75 Å². The molecule has 1 amide bonds. The van der Waals surface area contributed by atoms with Gasteiger partial charge in [0.15, 0.2) is 0 Å². The Labute approximate surface area is 181 Å². The number of pyridine rings is 1. The molecule has 4 rings (SSSR count). The van der Waals surface area contributed by atoms with Crippen LogP contribution < -0.4 is 10.1 Å². The predicted octanol–water partition coefficient (Wildman–Crippen LogP) is 6.12. The van der Waals surface area contributed by atoms with Crippen molar-refractivity contribution < 1.29 is 22.7 Å². The molecule has 9 heteroatoms. The fraction of sp³-hybridized carbons (Fsp3) is 0.409. The number of anilines is 1. The number of carbonyl (C=O) groups excluding carboxylic acids is 1. The molecule has 0 spiro atoms. The van der Waals surface area contributed by atoms with E-state index in [2.05, 4.69) is 24.1 Å². The number of thiazole rings is 1. The largest absolute Gasteiger partial charge is 0.494 e. The number of nitrogens with one attached hydrogen (secondary N) is 1. The minimum Gasteiger partial charge on any atom is -0.494 e. The highest BCUT2D eigenvalue weighted by Gasteiger charge is 2.34. The maximum Gasteiger partial charge on any atom is 0.433 e. The van der Waals surface area contributed by atoms with Crippen LogP contribution in [0.25, 0.3) is 10.2 Å². The third-order valence-electron chi connectivity index (χ3n) is 5.71. The molecule has 1 aliphatic carbocycles. The normalized spacial score (nSPS) is 18.8. The summed E-state index contributed by atoms with van der Waals surface area (Å²) in [5, 5.41) is 3.69. The van der Waals surface area contributed by atoms with Gasteiger partial charge < -0.3 is 10.1 Å². The molecule has 3 aromatic rings. The molecular formula is C22H22F3N3O2S. The number of amides is 1. The Morgan fingerprint density at radius 2 is 1.97 bits per heavy atom. The molecule has 0 radical (unpaired) electrons. The van der Waals surface area contributed by atoms with Crippen molar-refractivity contribution in [1.82, 2.24) is 9.97 Å². The number of benzene rings is 1. The number of rotatable bonds is 5. The van der Waals surface area contributed by atoms with E-state index in [-0.39, 0.29) is 5.69 Å². The fourth-order valence-corrected chi connectivity index (χ4v) is 4.84. The molecule has 0 atom stereocenters. The number of halogens is 3. The molecule has 164 valence electrons. The summed E-state index contributed by atoms with van der Waals surface area (Å²) >= 11 is 1.57. The van der Waals surface area contributed by atoms with E-state index in [4.69, 9.17) is 9.72 Å². The zero-order valence-electron chi connectivity index (χ0n) is 17.3. The van der Waals surface area contributed by atoms with Crippen LogP contribution in [0.3, 0.4) is 0 Å². The Balaban J connectivity index is 1.58. The first kappa shape index (κ1) is 21.5. The third kappa shape index (κ3) is 4.37. The zero-order chi connectivity index (χ0) is 22.3. The van der Waals surface area contributed by atoms with Gasteiger partial charge in [-0.15, -0.1) is 11.3 Å². The molecule has 1 N–H and O–H groups in total.